The van der Waals surface area contributed by atoms with Crippen LogP contribution in [0.4, 0.5) is 0 Å². The van der Waals surface area contributed by atoms with Crippen LogP contribution in [0, 0.1) is 0 Å². The van der Waals surface area contributed by atoms with Crippen LogP contribution in [0.2, 0.25) is 0 Å². The Bertz CT molecular complexity index is 66.0. The first-order valence-corrected chi connectivity index (χ1v) is 4.79. The summed E-state index contributed by atoms with van der Waals surface area (Å²) >= 11 is 0. The fourth-order valence-corrected chi connectivity index (χ4v) is 1.16. The van der Waals surface area contributed by atoms with Gasteiger partial charge in [-0.3, -0.25) is 4.90 Å². The van der Waals surface area contributed by atoms with Crippen molar-refractivity contribution in [3.8, 4) is 0 Å². The van der Waals surface area contributed by atoms with Gasteiger partial charge in [0.15, 0.2) is 0 Å². The Hall–Kier alpha value is -0.0800. The van der Waals surface area contributed by atoms with Crippen molar-refractivity contribution in [3.63, 3.8) is 0 Å². The topological polar surface area (TPSA) is 15.3 Å². The predicted molar refractivity (Wildman–Crippen MR) is 50.7 cm³/mol. The van der Waals surface area contributed by atoms with Gasteiger partial charge in [0.2, 0.25) is 0 Å². The van der Waals surface area contributed by atoms with Gasteiger partial charge in [-0.1, -0.05) is 20.3 Å². The Kier molecular flexibility index (Phi) is 7.96. The van der Waals surface area contributed by atoms with Crippen LogP contribution < -0.4 is 5.32 Å². The standard InChI is InChI=1S/C7H16N2.C2H6/c1-9-6-4-2-3-5-8-7-9;1-2/h8H,2-7H2,1H3;1-2H3. The molecule has 0 radical (unpaired) electrons. The van der Waals surface area contributed by atoms with Gasteiger partial charge in [-0.05, 0) is 33.0 Å². The van der Waals surface area contributed by atoms with Gasteiger partial charge in [0.25, 0.3) is 0 Å². The Morgan fingerprint density at radius 1 is 1.09 bits per heavy atom. The van der Waals surface area contributed by atoms with E-state index in [1.807, 2.05) is 13.8 Å². The molecule has 1 rings (SSSR count). The van der Waals surface area contributed by atoms with Gasteiger partial charge >= 0.3 is 0 Å². The second-order valence-corrected chi connectivity index (χ2v) is 2.80. The number of rotatable bonds is 0. The summed E-state index contributed by atoms with van der Waals surface area (Å²) in [5.74, 6) is 0. The summed E-state index contributed by atoms with van der Waals surface area (Å²) in [5.41, 5.74) is 0. The molecule has 0 saturated carbocycles. The van der Waals surface area contributed by atoms with E-state index in [0.29, 0.717) is 0 Å². The lowest BCUT2D eigenvalue weighted by molar-refractivity contribution is 0.281. The number of hydrogen-bond acceptors (Lipinski definition) is 2. The molecule has 1 N–H and O–H groups in total. The fraction of sp³-hybridized carbons (Fsp3) is 1.00. The summed E-state index contributed by atoms with van der Waals surface area (Å²) in [6, 6.07) is 0. The summed E-state index contributed by atoms with van der Waals surface area (Å²) in [4.78, 5) is 2.33. The number of nitrogens with one attached hydrogen (secondary N) is 1. The van der Waals surface area contributed by atoms with Crippen molar-refractivity contribution in [1.29, 1.82) is 0 Å². The van der Waals surface area contributed by atoms with Crippen LogP contribution in [-0.4, -0.2) is 31.7 Å². The molecule has 0 unspecified atom stereocenters. The van der Waals surface area contributed by atoms with Gasteiger partial charge in [0.05, 0.1) is 0 Å². The first-order chi connectivity index (χ1) is 5.39. The third-order valence-corrected chi connectivity index (χ3v) is 1.78. The van der Waals surface area contributed by atoms with Crippen molar-refractivity contribution in [2.45, 2.75) is 33.1 Å². The summed E-state index contributed by atoms with van der Waals surface area (Å²) in [6.07, 6.45) is 4.11. The maximum atomic E-state index is 3.36. The minimum absolute atomic E-state index is 1.07. The molecule has 0 aromatic heterocycles. The fourth-order valence-electron chi connectivity index (χ4n) is 1.16. The monoisotopic (exact) mass is 158 g/mol. The average Bonchev–Trinajstić information content (AvgIpc) is 2.01. The lowest BCUT2D eigenvalue weighted by Gasteiger charge is -2.19. The van der Waals surface area contributed by atoms with Crippen molar-refractivity contribution in [3.05, 3.63) is 0 Å². The molecule has 1 aliphatic heterocycles. The van der Waals surface area contributed by atoms with E-state index in [0.717, 1.165) is 6.67 Å². The van der Waals surface area contributed by atoms with Crippen molar-refractivity contribution in [2.75, 3.05) is 26.8 Å². The molecule has 11 heavy (non-hydrogen) atoms. The Balaban J connectivity index is 0.000000461. The molecule has 1 saturated heterocycles. The Morgan fingerprint density at radius 3 is 2.55 bits per heavy atom. The SMILES string of the molecule is CC.CN1CCCCCNC1. The highest BCUT2D eigenvalue weighted by Crippen LogP contribution is 1.98. The third kappa shape index (κ3) is 6.32. The van der Waals surface area contributed by atoms with Gasteiger partial charge < -0.3 is 5.32 Å². The van der Waals surface area contributed by atoms with E-state index < -0.39 is 0 Å². The minimum atomic E-state index is 1.07. The van der Waals surface area contributed by atoms with Gasteiger partial charge in [-0.2, -0.15) is 0 Å². The van der Waals surface area contributed by atoms with E-state index in [1.54, 1.807) is 0 Å². The number of hydrogen-bond donors (Lipinski definition) is 1. The second kappa shape index (κ2) is 8.02. The van der Waals surface area contributed by atoms with Gasteiger partial charge in [0, 0.05) is 6.67 Å². The minimum Gasteiger partial charge on any atom is -0.304 e. The maximum absolute atomic E-state index is 3.36. The zero-order valence-electron chi connectivity index (χ0n) is 8.19. The van der Waals surface area contributed by atoms with E-state index in [2.05, 4.69) is 17.3 Å². The van der Waals surface area contributed by atoms with E-state index in [9.17, 15) is 0 Å². The Morgan fingerprint density at radius 2 is 1.82 bits per heavy atom. The highest BCUT2D eigenvalue weighted by molar-refractivity contribution is 4.56. The molecule has 2 nitrogen and oxygen atoms in total. The molecule has 0 aliphatic carbocycles. The summed E-state index contributed by atoms with van der Waals surface area (Å²) in [6.45, 7) is 7.53. The quantitative estimate of drug-likeness (QED) is 0.577. The van der Waals surface area contributed by atoms with Gasteiger partial charge in [-0.15, -0.1) is 0 Å². The zero-order chi connectivity index (χ0) is 8.53. The van der Waals surface area contributed by atoms with Crippen molar-refractivity contribution < 1.29 is 0 Å². The van der Waals surface area contributed by atoms with Gasteiger partial charge in [-0.25, -0.2) is 0 Å². The molecule has 0 spiro atoms. The molecular formula is C9H22N2. The molecule has 1 aliphatic rings. The second-order valence-electron chi connectivity index (χ2n) is 2.80. The largest absolute Gasteiger partial charge is 0.304 e. The lowest BCUT2D eigenvalue weighted by atomic mass is 10.2. The molecule has 2 heteroatoms. The molecule has 1 fully saturated rings. The molecule has 1 heterocycles. The molecule has 68 valence electrons. The first kappa shape index (κ1) is 10.9. The van der Waals surface area contributed by atoms with Crippen molar-refractivity contribution in [2.24, 2.45) is 0 Å². The average molecular weight is 158 g/mol. The van der Waals surface area contributed by atoms with Crippen molar-refractivity contribution >= 4 is 0 Å². The lowest BCUT2D eigenvalue weighted by Crippen LogP contribution is -2.34. The molecule has 0 aromatic rings. The van der Waals surface area contributed by atoms with Crippen LogP contribution >= 0.6 is 0 Å². The molecule has 0 bridgehead atoms. The molecule has 0 amide bonds. The highest BCUT2D eigenvalue weighted by atomic mass is 15.2. The van der Waals surface area contributed by atoms with E-state index in [-0.39, 0.29) is 0 Å². The summed E-state index contributed by atoms with van der Waals surface area (Å²) in [5, 5.41) is 3.36. The van der Waals surface area contributed by atoms with E-state index in [4.69, 9.17) is 0 Å². The maximum Gasteiger partial charge on any atom is 0.0477 e. The van der Waals surface area contributed by atoms with Crippen LogP contribution in [0.25, 0.3) is 0 Å². The molecular weight excluding hydrogens is 136 g/mol. The van der Waals surface area contributed by atoms with Crippen LogP contribution in [0.15, 0.2) is 0 Å². The third-order valence-electron chi connectivity index (χ3n) is 1.78. The Labute approximate surface area is 71.0 Å². The van der Waals surface area contributed by atoms with E-state index >= 15 is 0 Å². The van der Waals surface area contributed by atoms with Crippen LogP contribution in [0.5, 0.6) is 0 Å². The predicted octanol–water partition coefficient (Wildman–Crippen LogP) is 1.68. The van der Waals surface area contributed by atoms with Crippen LogP contribution in [0.1, 0.15) is 33.1 Å². The summed E-state index contributed by atoms with van der Waals surface area (Å²) in [7, 11) is 2.16. The summed E-state index contributed by atoms with van der Waals surface area (Å²) < 4.78 is 0. The smallest absolute Gasteiger partial charge is 0.0477 e. The van der Waals surface area contributed by atoms with Crippen molar-refractivity contribution in [1.82, 2.24) is 10.2 Å². The van der Waals surface area contributed by atoms with Gasteiger partial charge in [0.1, 0.15) is 0 Å². The van der Waals surface area contributed by atoms with Crippen LogP contribution in [0.3, 0.4) is 0 Å². The highest BCUT2D eigenvalue weighted by Gasteiger charge is 2.00. The molecule has 0 aromatic carbocycles. The van der Waals surface area contributed by atoms with Crippen LogP contribution in [-0.2, 0) is 0 Å². The molecule has 0 atom stereocenters. The number of nitrogens with zero attached hydrogens (tertiary/aromatic N) is 1. The zero-order valence-corrected chi connectivity index (χ0v) is 8.19. The van der Waals surface area contributed by atoms with E-state index in [1.165, 1.54) is 32.4 Å². The first-order valence-electron chi connectivity index (χ1n) is 4.79. The normalized spacial score (nSPS) is 21.0.